The van der Waals surface area contributed by atoms with Crippen molar-refractivity contribution in [3.63, 3.8) is 0 Å². The summed E-state index contributed by atoms with van der Waals surface area (Å²) in [5.74, 6) is 0.970. The molecule has 0 radical (unpaired) electrons. The minimum absolute atomic E-state index is 0.146. The van der Waals surface area contributed by atoms with Crippen molar-refractivity contribution >= 4 is 0 Å². The van der Waals surface area contributed by atoms with Crippen molar-refractivity contribution < 1.29 is 13.3 Å². The van der Waals surface area contributed by atoms with Crippen LogP contribution in [0.25, 0.3) is 23.0 Å². The Morgan fingerprint density at radius 3 is 2.60 bits per heavy atom. The Kier molecular flexibility index (Phi) is 3.99. The molecular formula is C17H12FN5O2. The second-order valence-electron chi connectivity index (χ2n) is 5.21. The summed E-state index contributed by atoms with van der Waals surface area (Å²) in [5.41, 5.74) is 0.911. The fourth-order valence-corrected chi connectivity index (χ4v) is 2.27. The minimum atomic E-state index is -0.408. The molecule has 3 aromatic heterocycles. The van der Waals surface area contributed by atoms with Crippen LogP contribution in [-0.4, -0.2) is 25.3 Å². The van der Waals surface area contributed by atoms with Gasteiger partial charge in [0.1, 0.15) is 11.5 Å². The highest BCUT2D eigenvalue weighted by Gasteiger charge is 2.14. The molecule has 25 heavy (non-hydrogen) atoms. The van der Waals surface area contributed by atoms with Gasteiger partial charge >= 0.3 is 0 Å². The van der Waals surface area contributed by atoms with Gasteiger partial charge in [0.25, 0.3) is 5.89 Å². The van der Waals surface area contributed by atoms with Crippen LogP contribution in [0, 0.1) is 5.82 Å². The molecule has 4 rings (SSSR count). The van der Waals surface area contributed by atoms with Gasteiger partial charge in [-0.15, -0.1) is 10.2 Å². The highest BCUT2D eigenvalue weighted by atomic mass is 19.1. The number of rotatable bonds is 5. The van der Waals surface area contributed by atoms with Crippen LogP contribution >= 0.6 is 0 Å². The third kappa shape index (κ3) is 3.27. The molecule has 0 aliphatic carbocycles. The number of benzene rings is 1. The predicted molar refractivity (Wildman–Crippen MR) is 84.6 cm³/mol. The lowest BCUT2D eigenvalue weighted by molar-refractivity contribution is 0.373. The standard InChI is InChI=1S/C17H12FN5O2/c18-12-6-2-1-5-11(12)17-22-21-15(24-17)9-8-14-20-16(23-25-14)13-7-3-4-10-19-13/h1-7,10H,8-9H2. The molecule has 0 spiro atoms. The molecule has 0 aliphatic heterocycles. The molecule has 0 saturated heterocycles. The highest BCUT2D eigenvalue weighted by Crippen LogP contribution is 2.21. The van der Waals surface area contributed by atoms with Crippen LogP contribution in [0.15, 0.2) is 57.6 Å². The Labute approximate surface area is 141 Å². The number of aryl methyl sites for hydroxylation is 2. The van der Waals surface area contributed by atoms with E-state index in [1.54, 1.807) is 30.5 Å². The van der Waals surface area contributed by atoms with Gasteiger partial charge in [0.05, 0.1) is 5.56 Å². The van der Waals surface area contributed by atoms with E-state index < -0.39 is 5.82 Å². The first-order valence-corrected chi connectivity index (χ1v) is 7.61. The maximum Gasteiger partial charge on any atom is 0.250 e. The molecule has 1 aromatic carbocycles. The summed E-state index contributed by atoms with van der Waals surface area (Å²) in [7, 11) is 0. The number of aromatic nitrogens is 5. The summed E-state index contributed by atoms with van der Waals surface area (Å²) in [4.78, 5) is 8.45. The monoisotopic (exact) mass is 337 g/mol. The fourth-order valence-electron chi connectivity index (χ4n) is 2.27. The van der Waals surface area contributed by atoms with Crippen molar-refractivity contribution in [1.29, 1.82) is 0 Å². The Bertz CT molecular complexity index is 983. The summed E-state index contributed by atoms with van der Waals surface area (Å²) in [5, 5.41) is 11.7. The van der Waals surface area contributed by atoms with Crippen molar-refractivity contribution in [2.45, 2.75) is 12.8 Å². The second-order valence-corrected chi connectivity index (χ2v) is 5.21. The van der Waals surface area contributed by atoms with E-state index in [2.05, 4.69) is 25.3 Å². The molecule has 124 valence electrons. The largest absolute Gasteiger partial charge is 0.421 e. The summed E-state index contributed by atoms with van der Waals surface area (Å²) in [6.45, 7) is 0. The van der Waals surface area contributed by atoms with Gasteiger partial charge in [-0.1, -0.05) is 23.4 Å². The molecule has 8 heteroatoms. The van der Waals surface area contributed by atoms with E-state index in [-0.39, 0.29) is 11.5 Å². The zero-order valence-electron chi connectivity index (χ0n) is 13.0. The van der Waals surface area contributed by atoms with Crippen LogP contribution in [0.4, 0.5) is 4.39 Å². The third-order valence-corrected chi connectivity index (χ3v) is 3.49. The number of pyridine rings is 1. The molecule has 3 heterocycles. The Morgan fingerprint density at radius 1 is 0.920 bits per heavy atom. The van der Waals surface area contributed by atoms with Crippen LogP contribution < -0.4 is 0 Å². The van der Waals surface area contributed by atoms with Gasteiger partial charge in [-0.25, -0.2) is 4.39 Å². The first kappa shape index (κ1) is 15.1. The zero-order valence-corrected chi connectivity index (χ0v) is 13.0. The van der Waals surface area contributed by atoms with Gasteiger partial charge in [0.15, 0.2) is 0 Å². The lowest BCUT2D eigenvalue weighted by Crippen LogP contribution is -1.92. The second kappa shape index (κ2) is 6.60. The third-order valence-electron chi connectivity index (χ3n) is 3.49. The van der Waals surface area contributed by atoms with E-state index in [4.69, 9.17) is 8.94 Å². The zero-order chi connectivity index (χ0) is 17.1. The van der Waals surface area contributed by atoms with Crippen LogP contribution in [-0.2, 0) is 12.8 Å². The number of hydrogen-bond acceptors (Lipinski definition) is 7. The average molecular weight is 337 g/mol. The van der Waals surface area contributed by atoms with Crippen LogP contribution in [0.1, 0.15) is 11.8 Å². The Balaban J connectivity index is 1.44. The number of halogens is 1. The SMILES string of the molecule is Fc1ccccc1-c1nnc(CCc2nc(-c3ccccn3)no2)o1. The van der Waals surface area contributed by atoms with Crippen molar-refractivity contribution in [3.05, 3.63) is 66.3 Å². The van der Waals surface area contributed by atoms with E-state index in [1.807, 2.05) is 12.1 Å². The lowest BCUT2D eigenvalue weighted by atomic mass is 10.2. The molecule has 4 aromatic rings. The maximum absolute atomic E-state index is 13.7. The van der Waals surface area contributed by atoms with E-state index in [0.29, 0.717) is 36.1 Å². The van der Waals surface area contributed by atoms with E-state index in [1.165, 1.54) is 6.07 Å². The van der Waals surface area contributed by atoms with Crippen LogP contribution in [0.5, 0.6) is 0 Å². The van der Waals surface area contributed by atoms with Gasteiger partial charge in [-0.05, 0) is 24.3 Å². The molecule has 0 N–H and O–H groups in total. The van der Waals surface area contributed by atoms with E-state index in [9.17, 15) is 4.39 Å². The number of hydrogen-bond donors (Lipinski definition) is 0. The van der Waals surface area contributed by atoms with Gasteiger partial charge in [0, 0.05) is 19.0 Å². The quantitative estimate of drug-likeness (QED) is 0.552. The summed E-state index contributed by atoms with van der Waals surface area (Å²) >= 11 is 0. The molecule has 0 aliphatic rings. The van der Waals surface area contributed by atoms with E-state index in [0.717, 1.165) is 0 Å². The molecular weight excluding hydrogens is 325 g/mol. The molecule has 0 saturated carbocycles. The maximum atomic E-state index is 13.7. The van der Waals surface area contributed by atoms with Crippen LogP contribution in [0.2, 0.25) is 0 Å². The van der Waals surface area contributed by atoms with Crippen molar-refractivity contribution in [1.82, 2.24) is 25.3 Å². The summed E-state index contributed by atoms with van der Waals surface area (Å²) in [6, 6.07) is 11.7. The van der Waals surface area contributed by atoms with Crippen molar-refractivity contribution in [3.8, 4) is 23.0 Å². The minimum Gasteiger partial charge on any atom is -0.421 e. The first-order valence-electron chi connectivity index (χ1n) is 7.61. The van der Waals surface area contributed by atoms with Gasteiger partial charge in [-0.3, -0.25) is 4.98 Å². The highest BCUT2D eigenvalue weighted by molar-refractivity contribution is 5.53. The average Bonchev–Trinajstić information content (AvgIpc) is 3.31. The predicted octanol–water partition coefficient (Wildman–Crippen LogP) is 3.11. The topological polar surface area (TPSA) is 90.7 Å². The fraction of sp³-hybridized carbons (Fsp3) is 0.118. The molecule has 0 unspecified atom stereocenters. The van der Waals surface area contributed by atoms with Gasteiger partial charge < -0.3 is 8.94 Å². The molecule has 0 fully saturated rings. The first-order chi connectivity index (χ1) is 12.3. The lowest BCUT2D eigenvalue weighted by Gasteiger charge is -1.95. The summed E-state index contributed by atoms with van der Waals surface area (Å²) in [6.07, 6.45) is 2.50. The number of nitrogens with zero attached hydrogens (tertiary/aromatic N) is 5. The van der Waals surface area contributed by atoms with Crippen molar-refractivity contribution in [2.75, 3.05) is 0 Å². The molecule has 0 atom stereocenters. The molecule has 7 nitrogen and oxygen atoms in total. The Morgan fingerprint density at radius 2 is 1.76 bits per heavy atom. The summed E-state index contributed by atoms with van der Waals surface area (Å²) < 4.78 is 24.4. The van der Waals surface area contributed by atoms with Gasteiger partial charge in [0.2, 0.25) is 17.6 Å². The van der Waals surface area contributed by atoms with Crippen LogP contribution in [0.3, 0.4) is 0 Å². The normalized spacial score (nSPS) is 10.9. The van der Waals surface area contributed by atoms with Gasteiger partial charge in [-0.2, -0.15) is 4.98 Å². The van der Waals surface area contributed by atoms with Crippen molar-refractivity contribution in [2.24, 2.45) is 0 Å². The van der Waals surface area contributed by atoms with E-state index >= 15 is 0 Å². The Hall–Kier alpha value is -3.42. The molecule has 0 amide bonds. The molecule has 0 bridgehead atoms. The smallest absolute Gasteiger partial charge is 0.250 e.